The zero-order valence-electron chi connectivity index (χ0n) is 12.6. The van der Waals surface area contributed by atoms with Crippen molar-refractivity contribution in [2.75, 3.05) is 20.2 Å². The van der Waals surface area contributed by atoms with Crippen LogP contribution < -0.4 is 4.74 Å². The van der Waals surface area contributed by atoms with E-state index in [1.165, 1.54) is 23.6 Å². The van der Waals surface area contributed by atoms with Crippen LogP contribution in [0, 0.1) is 0 Å². The van der Waals surface area contributed by atoms with Crippen LogP contribution in [0.15, 0.2) is 22.9 Å². The van der Waals surface area contributed by atoms with Gasteiger partial charge in [0.1, 0.15) is 0 Å². The summed E-state index contributed by atoms with van der Waals surface area (Å²) in [5.74, 6) is -0.0818. The van der Waals surface area contributed by atoms with Gasteiger partial charge in [-0.15, -0.1) is 0 Å². The molecule has 0 saturated carbocycles. The first-order valence-electron chi connectivity index (χ1n) is 7.04. The predicted octanol–water partition coefficient (Wildman–Crippen LogP) is 1.48. The minimum absolute atomic E-state index is 0.0344. The lowest BCUT2D eigenvalue weighted by atomic mass is 10.2. The van der Waals surface area contributed by atoms with Crippen LogP contribution >= 0.6 is 0 Å². The third kappa shape index (κ3) is 3.08. The van der Waals surface area contributed by atoms with Gasteiger partial charge in [-0.25, -0.2) is 26.5 Å². The van der Waals surface area contributed by atoms with E-state index in [0.29, 0.717) is 13.0 Å². The molecule has 0 spiro atoms. The van der Waals surface area contributed by atoms with Crippen LogP contribution in [0.1, 0.15) is 17.6 Å². The zero-order valence-corrected chi connectivity index (χ0v) is 13.4. The molecule has 0 N–H and O–H groups in total. The topological polar surface area (TPSA) is 98.4 Å². The average Bonchev–Trinajstić information content (AvgIpc) is 3.11. The number of hydrogen-bond donors (Lipinski definition) is 0. The van der Waals surface area contributed by atoms with Crippen molar-refractivity contribution >= 4 is 10.0 Å². The van der Waals surface area contributed by atoms with E-state index in [-0.39, 0.29) is 23.2 Å². The van der Waals surface area contributed by atoms with E-state index in [1.54, 1.807) is 6.07 Å². The number of sulfonamides is 1. The van der Waals surface area contributed by atoms with E-state index in [9.17, 15) is 17.2 Å². The molecule has 1 atom stereocenters. The lowest BCUT2D eigenvalue weighted by Crippen LogP contribution is -2.22. The third-order valence-corrected chi connectivity index (χ3v) is 5.78. The lowest BCUT2D eigenvalue weighted by molar-refractivity contribution is 0.0799. The molecule has 130 valence electrons. The molecule has 1 fully saturated rings. The summed E-state index contributed by atoms with van der Waals surface area (Å²) < 4.78 is 60.2. The molecule has 3 heterocycles. The quantitative estimate of drug-likeness (QED) is 0.796. The van der Waals surface area contributed by atoms with Gasteiger partial charge in [-0.2, -0.15) is 4.98 Å². The van der Waals surface area contributed by atoms with Gasteiger partial charge in [0, 0.05) is 19.8 Å². The highest BCUT2D eigenvalue weighted by atomic mass is 32.2. The number of pyridine rings is 1. The van der Waals surface area contributed by atoms with Crippen molar-refractivity contribution < 1.29 is 26.5 Å². The van der Waals surface area contributed by atoms with Gasteiger partial charge in [0.05, 0.1) is 5.56 Å². The van der Waals surface area contributed by atoms with Gasteiger partial charge in [-0.3, -0.25) is 0 Å². The minimum Gasteiger partial charge on any atom is -0.471 e. The van der Waals surface area contributed by atoms with E-state index in [4.69, 9.17) is 9.26 Å². The summed E-state index contributed by atoms with van der Waals surface area (Å²) in [6.45, 7) is -0.461. The maximum atomic E-state index is 12.3. The molecule has 1 unspecified atom stereocenters. The molecule has 11 heteroatoms. The van der Waals surface area contributed by atoms with Gasteiger partial charge in [-0.05, 0) is 18.6 Å². The molecule has 0 amide bonds. The number of ether oxygens (including phenoxy) is 1. The van der Waals surface area contributed by atoms with Gasteiger partial charge >= 0.3 is 0 Å². The highest BCUT2D eigenvalue weighted by Gasteiger charge is 2.41. The molecular formula is C13H14F2N4O4S. The van der Waals surface area contributed by atoms with E-state index >= 15 is 0 Å². The first-order valence-corrected chi connectivity index (χ1v) is 8.55. The molecule has 1 saturated heterocycles. The molecule has 2 aromatic heterocycles. The number of hydrogen-bond acceptors (Lipinski definition) is 7. The minimum atomic E-state index is -3.53. The van der Waals surface area contributed by atoms with E-state index in [1.807, 2.05) is 0 Å². The molecule has 3 rings (SSSR count). The largest absolute Gasteiger partial charge is 0.471 e. The van der Waals surface area contributed by atoms with Crippen LogP contribution in [-0.4, -0.2) is 54.5 Å². The number of aromatic nitrogens is 3. The Morgan fingerprint density at radius 3 is 2.96 bits per heavy atom. The number of nitrogens with zero attached hydrogens (tertiary/aromatic N) is 4. The molecule has 0 aliphatic carbocycles. The molecule has 1 aliphatic rings. The maximum Gasteiger partial charge on any atom is 0.272 e. The van der Waals surface area contributed by atoms with Crippen LogP contribution in [0.3, 0.4) is 0 Å². The van der Waals surface area contributed by atoms with Crippen molar-refractivity contribution in [1.82, 2.24) is 19.4 Å². The van der Waals surface area contributed by atoms with Gasteiger partial charge in [0.15, 0.2) is 11.9 Å². The van der Waals surface area contributed by atoms with Crippen LogP contribution in [0.2, 0.25) is 0 Å². The van der Waals surface area contributed by atoms with Crippen molar-refractivity contribution in [3.8, 4) is 17.3 Å². The summed E-state index contributed by atoms with van der Waals surface area (Å²) in [7, 11) is -2.05. The Kier molecular flexibility index (Phi) is 4.45. The molecule has 0 aromatic carbocycles. The second kappa shape index (κ2) is 6.40. The Balaban J connectivity index is 1.89. The molecule has 24 heavy (non-hydrogen) atoms. The summed E-state index contributed by atoms with van der Waals surface area (Å²) in [6.07, 6.45) is -0.941. The Morgan fingerprint density at radius 2 is 2.29 bits per heavy atom. The van der Waals surface area contributed by atoms with Crippen molar-refractivity contribution in [2.24, 2.45) is 0 Å². The van der Waals surface area contributed by atoms with Gasteiger partial charge < -0.3 is 9.26 Å². The second-order valence-corrected chi connectivity index (χ2v) is 7.38. The molecule has 1 aliphatic heterocycles. The van der Waals surface area contributed by atoms with E-state index in [2.05, 4.69) is 15.1 Å². The number of alkyl halides is 2. The summed E-state index contributed by atoms with van der Waals surface area (Å²) >= 11 is 0. The maximum absolute atomic E-state index is 12.3. The summed E-state index contributed by atoms with van der Waals surface area (Å²) in [4.78, 5) is 7.96. The first kappa shape index (κ1) is 16.7. The van der Waals surface area contributed by atoms with E-state index in [0.717, 1.165) is 0 Å². The lowest BCUT2D eigenvalue weighted by Gasteiger charge is -2.08. The summed E-state index contributed by atoms with van der Waals surface area (Å²) in [5.41, 5.74) is 0.247. The summed E-state index contributed by atoms with van der Waals surface area (Å²) in [6, 6.07) is 3.08. The van der Waals surface area contributed by atoms with Crippen molar-refractivity contribution in [3.05, 3.63) is 24.2 Å². The Morgan fingerprint density at radius 1 is 1.50 bits per heavy atom. The SMILES string of the molecule is CN1CCC(c2nc(-c3cccnc3OCC(F)F)no2)S1(=O)=O. The standard InChI is InChI=1S/C13H14F2N4O4S/c1-19-6-4-9(24(19,20)21)13-17-11(18-23-13)8-3-2-5-16-12(8)22-7-10(14)15/h2-3,5,9-10H,4,6-7H2,1H3. The predicted molar refractivity (Wildman–Crippen MR) is 77.9 cm³/mol. The van der Waals surface area contributed by atoms with Crippen molar-refractivity contribution in [2.45, 2.75) is 18.1 Å². The molecule has 0 bridgehead atoms. The number of rotatable bonds is 5. The van der Waals surface area contributed by atoms with Crippen LogP contribution in [-0.2, 0) is 10.0 Å². The smallest absolute Gasteiger partial charge is 0.272 e. The van der Waals surface area contributed by atoms with Gasteiger partial charge in [0.2, 0.25) is 27.6 Å². The fourth-order valence-electron chi connectivity index (χ4n) is 2.34. The molecule has 8 nitrogen and oxygen atoms in total. The molecule has 0 radical (unpaired) electrons. The number of halogens is 2. The highest BCUT2D eigenvalue weighted by Crippen LogP contribution is 2.35. The van der Waals surface area contributed by atoms with Crippen LogP contribution in [0.25, 0.3) is 11.4 Å². The van der Waals surface area contributed by atoms with Crippen molar-refractivity contribution in [3.63, 3.8) is 0 Å². The monoisotopic (exact) mass is 360 g/mol. The Hall–Kier alpha value is -2.14. The highest BCUT2D eigenvalue weighted by molar-refractivity contribution is 7.89. The fraction of sp³-hybridized carbons (Fsp3) is 0.462. The van der Waals surface area contributed by atoms with E-state index < -0.39 is 28.3 Å². The zero-order chi connectivity index (χ0) is 17.3. The molecule has 2 aromatic rings. The fourth-order valence-corrected chi connectivity index (χ4v) is 3.88. The average molecular weight is 360 g/mol. The first-order chi connectivity index (χ1) is 11.4. The Labute approximate surface area is 136 Å². The van der Waals surface area contributed by atoms with Crippen molar-refractivity contribution in [1.29, 1.82) is 0 Å². The normalized spacial score (nSPS) is 20.6. The van der Waals surface area contributed by atoms with Crippen LogP contribution in [0.4, 0.5) is 8.78 Å². The third-order valence-electron chi connectivity index (χ3n) is 3.58. The molecular weight excluding hydrogens is 346 g/mol. The second-order valence-electron chi connectivity index (χ2n) is 5.16. The summed E-state index contributed by atoms with van der Waals surface area (Å²) in [5, 5.41) is 2.82. The van der Waals surface area contributed by atoms with Gasteiger partial charge in [-0.1, -0.05) is 5.16 Å². The Bertz CT molecular complexity index is 827. The van der Waals surface area contributed by atoms with Crippen LogP contribution in [0.5, 0.6) is 5.88 Å². The van der Waals surface area contributed by atoms with Gasteiger partial charge in [0.25, 0.3) is 6.43 Å².